The van der Waals surface area contributed by atoms with Gasteiger partial charge in [-0.2, -0.15) is 0 Å². The fraction of sp³-hybridized carbons (Fsp3) is 0.200. The van der Waals surface area contributed by atoms with E-state index in [0.717, 1.165) is 21.8 Å². The van der Waals surface area contributed by atoms with E-state index in [2.05, 4.69) is 10.3 Å². The summed E-state index contributed by atoms with van der Waals surface area (Å²) in [5.74, 6) is -0.368. The molecular formula is C20H22N4O3S. The van der Waals surface area contributed by atoms with Gasteiger partial charge in [0.05, 0.1) is 18.3 Å². The van der Waals surface area contributed by atoms with Crippen LogP contribution in [0, 0.1) is 0 Å². The minimum Gasteiger partial charge on any atom is -0.350 e. The molecule has 1 aromatic heterocycles. The van der Waals surface area contributed by atoms with Crippen molar-refractivity contribution in [3.8, 4) is 5.69 Å². The van der Waals surface area contributed by atoms with Gasteiger partial charge in [0.2, 0.25) is 15.9 Å². The van der Waals surface area contributed by atoms with E-state index in [9.17, 15) is 13.2 Å². The smallest absolute Gasteiger partial charge is 0.243 e. The molecule has 0 aliphatic heterocycles. The van der Waals surface area contributed by atoms with Crippen LogP contribution in [0.2, 0.25) is 0 Å². The maximum absolute atomic E-state index is 12.6. The van der Waals surface area contributed by atoms with Crippen molar-refractivity contribution >= 4 is 21.6 Å². The van der Waals surface area contributed by atoms with Crippen LogP contribution in [0.1, 0.15) is 12.5 Å². The minimum atomic E-state index is -3.61. The molecular weight excluding hydrogens is 376 g/mol. The molecule has 28 heavy (non-hydrogen) atoms. The number of amides is 1. The summed E-state index contributed by atoms with van der Waals surface area (Å²) in [5.41, 5.74) is 2.33. The first-order valence-electron chi connectivity index (χ1n) is 8.76. The molecule has 1 heterocycles. The number of para-hydroxylation sites is 1. The zero-order valence-electron chi connectivity index (χ0n) is 15.7. The van der Waals surface area contributed by atoms with Crippen molar-refractivity contribution in [1.82, 2.24) is 14.9 Å². The standard InChI is InChI=1S/C20H22N4O3S/c1-16(24(28(2,26)27)19-6-4-3-5-7-19)20(25)22-14-17-8-10-18(11-9-17)23-13-12-21-15-23/h3-13,15-16H,14H2,1-2H3,(H,22,25)/t16-/m1/s1. The molecule has 1 N–H and O–H groups in total. The molecule has 0 unspecified atom stereocenters. The molecule has 0 aliphatic carbocycles. The van der Waals surface area contributed by atoms with Gasteiger partial charge in [0, 0.05) is 24.6 Å². The van der Waals surface area contributed by atoms with Gasteiger partial charge in [-0.1, -0.05) is 30.3 Å². The van der Waals surface area contributed by atoms with E-state index in [4.69, 9.17) is 0 Å². The zero-order valence-corrected chi connectivity index (χ0v) is 16.5. The number of hydrogen-bond acceptors (Lipinski definition) is 4. The lowest BCUT2D eigenvalue weighted by molar-refractivity contribution is -0.122. The van der Waals surface area contributed by atoms with Crippen molar-refractivity contribution in [2.75, 3.05) is 10.6 Å². The lowest BCUT2D eigenvalue weighted by Gasteiger charge is -2.28. The summed E-state index contributed by atoms with van der Waals surface area (Å²) >= 11 is 0. The normalized spacial score (nSPS) is 12.4. The van der Waals surface area contributed by atoms with E-state index in [1.54, 1.807) is 49.8 Å². The number of imidazole rings is 1. The Balaban J connectivity index is 1.68. The van der Waals surface area contributed by atoms with E-state index < -0.39 is 16.1 Å². The number of hydrogen-bond donors (Lipinski definition) is 1. The topological polar surface area (TPSA) is 84.3 Å². The Morgan fingerprint density at radius 3 is 2.39 bits per heavy atom. The number of nitrogens with zero attached hydrogens (tertiary/aromatic N) is 3. The van der Waals surface area contributed by atoms with Gasteiger partial charge >= 0.3 is 0 Å². The highest BCUT2D eigenvalue weighted by atomic mass is 32.2. The first-order chi connectivity index (χ1) is 13.4. The zero-order chi connectivity index (χ0) is 20.1. The number of carbonyl (C=O) groups is 1. The molecule has 0 radical (unpaired) electrons. The fourth-order valence-electron chi connectivity index (χ4n) is 2.92. The minimum absolute atomic E-state index is 0.305. The molecule has 7 nitrogen and oxygen atoms in total. The van der Waals surface area contributed by atoms with Gasteiger partial charge in [0.25, 0.3) is 0 Å². The number of nitrogens with one attached hydrogen (secondary N) is 1. The lowest BCUT2D eigenvalue weighted by Crippen LogP contribution is -2.47. The number of sulfonamides is 1. The SMILES string of the molecule is C[C@H](C(=O)NCc1ccc(-n2ccnc2)cc1)N(c1ccccc1)S(C)(=O)=O. The Morgan fingerprint density at radius 1 is 1.14 bits per heavy atom. The molecule has 0 saturated heterocycles. The number of benzene rings is 2. The Bertz CT molecular complexity index is 1020. The molecule has 0 fully saturated rings. The Hall–Kier alpha value is -3.13. The van der Waals surface area contributed by atoms with Crippen LogP contribution in [0.25, 0.3) is 5.69 Å². The summed E-state index contributed by atoms with van der Waals surface area (Å²) in [6.07, 6.45) is 6.36. The first-order valence-corrected chi connectivity index (χ1v) is 10.6. The van der Waals surface area contributed by atoms with E-state index in [1.165, 1.54) is 0 Å². The summed E-state index contributed by atoms with van der Waals surface area (Å²) in [6.45, 7) is 1.88. The predicted molar refractivity (Wildman–Crippen MR) is 109 cm³/mol. The predicted octanol–water partition coefficient (Wildman–Crippen LogP) is 2.34. The maximum Gasteiger partial charge on any atom is 0.243 e. The van der Waals surface area contributed by atoms with Gasteiger partial charge in [-0.05, 0) is 36.8 Å². The van der Waals surface area contributed by atoms with Gasteiger partial charge in [0.15, 0.2) is 0 Å². The average Bonchev–Trinajstić information content (AvgIpc) is 3.21. The van der Waals surface area contributed by atoms with Crippen molar-refractivity contribution < 1.29 is 13.2 Å². The first kappa shape index (κ1) is 19.6. The number of aromatic nitrogens is 2. The van der Waals surface area contributed by atoms with Crippen LogP contribution in [0.15, 0.2) is 73.3 Å². The van der Waals surface area contributed by atoms with Gasteiger partial charge in [-0.3, -0.25) is 9.10 Å². The third-order valence-corrected chi connectivity index (χ3v) is 5.55. The Kier molecular flexibility index (Phi) is 5.79. The highest BCUT2D eigenvalue weighted by molar-refractivity contribution is 7.92. The molecule has 3 aromatic rings. The van der Waals surface area contributed by atoms with Crippen LogP contribution in [0.5, 0.6) is 0 Å². The quantitative estimate of drug-likeness (QED) is 0.662. The molecule has 146 valence electrons. The van der Waals surface area contributed by atoms with Gasteiger partial charge in [0.1, 0.15) is 6.04 Å². The van der Waals surface area contributed by atoms with Gasteiger partial charge < -0.3 is 9.88 Å². The average molecular weight is 398 g/mol. The number of rotatable bonds is 7. The fourth-order valence-corrected chi connectivity index (χ4v) is 4.09. The lowest BCUT2D eigenvalue weighted by atomic mass is 10.2. The summed E-state index contributed by atoms with van der Waals surface area (Å²) in [6, 6.07) is 15.4. The van der Waals surface area contributed by atoms with Crippen molar-refractivity contribution in [3.05, 3.63) is 78.9 Å². The third kappa shape index (κ3) is 4.58. The second-order valence-corrected chi connectivity index (χ2v) is 8.28. The van der Waals surface area contributed by atoms with Crippen LogP contribution in [-0.4, -0.2) is 36.2 Å². The van der Waals surface area contributed by atoms with Crippen LogP contribution < -0.4 is 9.62 Å². The van der Waals surface area contributed by atoms with Crippen LogP contribution >= 0.6 is 0 Å². The monoisotopic (exact) mass is 398 g/mol. The van der Waals surface area contributed by atoms with E-state index in [-0.39, 0.29) is 5.91 Å². The van der Waals surface area contributed by atoms with E-state index >= 15 is 0 Å². The Labute approximate surface area is 164 Å². The van der Waals surface area contributed by atoms with Crippen molar-refractivity contribution in [3.63, 3.8) is 0 Å². The second kappa shape index (κ2) is 8.26. The largest absolute Gasteiger partial charge is 0.350 e. The van der Waals surface area contributed by atoms with Gasteiger partial charge in [-0.15, -0.1) is 0 Å². The highest BCUT2D eigenvalue weighted by Crippen LogP contribution is 2.20. The van der Waals surface area contributed by atoms with Crippen LogP contribution in [0.3, 0.4) is 0 Å². The molecule has 8 heteroatoms. The molecule has 1 amide bonds. The van der Waals surface area contributed by atoms with Gasteiger partial charge in [-0.25, -0.2) is 13.4 Å². The summed E-state index contributed by atoms with van der Waals surface area (Å²) < 4.78 is 27.5. The maximum atomic E-state index is 12.6. The Morgan fingerprint density at radius 2 is 1.82 bits per heavy atom. The summed E-state index contributed by atoms with van der Waals surface area (Å²) in [5, 5.41) is 2.81. The van der Waals surface area contributed by atoms with Crippen molar-refractivity contribution in [2.24, 2.45) is 0 Å². The molecule has 3 rings (SSSR count). The van der Waals surface area contributed by atoms with Crippen molar-refractivity contribution in [1.29, 1.82) is 0 Å². The molecule has 0 saturated carbocycles. The van der Waals surface area contributed by atoms with Crippen LogP contribution in [-0.2, 0) is 21.4 Å². The second-order valence-electron chi connectivity index (χ2n) is 6.42. The molecule has 2 aromatic carbocycles. The number of anilines is 1. The molecule has 0 bridgehead atoms. The summed E-state index contributed by atoms with van der Waals surface area (Å²) in [4.78, 5) is 16.6. The van der Waals surface area contributed by atoms with E-state index in [1.807, 2.05) is 35.0 Å². The molecule has 0 aliphatic rings. The molecule has 0 spiro atoms. The van der Waals surface area contributed by atoms with Crippen LogP contribution in [0.4, 0.5) is 5.69 Å². The van der Waals surface area contributed by atoms with Crippen molar-refractivity contribution in [2.45, 2.75) is 19.5 Å². The number of carbonyl (C=O) groups excluding carboxylic acids is 1. The molecule has 1 atom stereocenters. The third-order valence-electron chi connectivity index (χ3n) is 4.30. The highest BCUT2D eigenvalue weighted by Gasteiger charge is 2.28. The van der Waals surface area contributed by atoms with E-state index in [0.29, 0.717) is 12.2 Å². The summed E-state index contributed by atoms with van der Waals surface area (Å²) in [7, 11) is -3.61.